The van der Waals surface area contributed by atoms with Crippen molar-refractivity contribution in [1.29, 1.82) is 0 Å². The molecule has 3 rings (SSSR count). The van der Waals surface area contributed by atoms with Crippen LogP contribution in [0.4, 0.5) is 13.2 Å². The SMILES string of the molecule is CC(=O)OC1C(n2ccc(CCO[N+](=O)[O-])cc2=O)c2cc(C(F)(F)F)ccc2OC1(C)C. The fraction of sp³-hybridized carbons (Fsp3) is 0.429. The Balaban J connectivity index is 2.12. The monoisotopic (exact) mass is 470 g/mol. The molecule has 33 heavy (non-hydrogen) atoms. The van der Waals surface area contributed by atoms with E-state index in [1.165, 1.54) is 24.4 Å². The number of alkyl halides is 3. The number of pyridine rings is 1. The summed E-state index contributed by atoms with van der Waals surface area (Å²) in [4.78, 5) is 39.3. The maximum absolute atomic E-state index is 13.4. The Bertz CT molecular complexity index is 1130. The van der Waals surface area contributed by atoms with Crippen LogP contribution in [-0.2, 0) is 27.0 Å². The molecule has 0 bridgehead atoms. The van der Waals surface area contributed by atoms with Crippen molar-refractivity contribution >= 4 is 5.97 Å². The third kappa shape index (κ3) is 5.26. The number of ether oxygens (including phenoxy) is 2. The summed E-state index contributed by atoms with van der Waals surface area (Å²) in [6.07, 6.45) is -4.36. The fourth-order valence-electron chi connectivity index (χ4n) is 3.77. The highest BCUT2D eigenvalue weighted by atomic mass is 19.4. The van der Waals surface area contributed by atoms with Gasteiger partial charge < -0.3 is 18.9 Å². The van der Waals surface area contributed by atoms with Crippen molar-refractivity contribution in [2.45, 2.75) is 51.1 Å². The largest absolute Gasteiger partial charge is 0.484 e. The van der Waals surface area contributed by atoms with Crippen LogP contribution < -0.4 is 10.3 Å². The van der Waals surface area contributed by atoms with Crippen molar-refractivity contribution < 1.29 is 37.4 Å². The molecule has 0 spiro atoms. The summed E-state index contributed by atoms with van der Waals surface area (Å²) >= 11 is 0. The average molecular weight is 470 g/mol. The first kappa shape index (κ1) is 24.1. The van der Waals surface area contributed by atoms with E-state index < -0.39 is 46.1 Å². The summed E-state index contributed by atoms with van der Waals surface area (Å²) < 4.78 is 52.6. The maximum atomic E-state index is 13.4. The van der Waals surface area contributed by atoms with Gasteiger partial charge in [-0.2, -0.15) is 13.2 Å². The Morgan fingerprint density at radius 3 is 2.55 bits per heavy atom. The Kier molecular flexibility index (Phi) is 6.39. The Morgan fingerprint density at radius 2 is 1.97 bits per heavy atom. The van der Waals surface area contributed by atoms with E-state index in [1.54, 1.807) is 13.8 Å². The van der Waals surface area contributed by atoms with Crippen molar-refractivity contribution in [2.24, 2.45) is 0 Å². The lowest BCUT2D eigenvalue weighted by Gasteiger charge is -2.44. The van der Waals surface area contributed by atoms with Crippen LogP contribution in [0.3, 0.4) is 0 Å². The smallest absolute Gasteiger partial charge is 0.416 e. The Hall–Kier alpha value is -3.57. The van der Waals surface area contributed by atoms with Crippen LogP contribution in [0.15, 0.2) is 41.3 Å². The van der Waals surface area contributed by atoms with Crippen molar-refractivity contribution in [3.8, 4) is 5.75 Å². The second-order valence-electron chi connectivity index (χ2n) is 8.02. The van der Waals surface area contributed by atoms with Gasteiger partial charge in [-0.25, -0.2) is 0 Å². The lowest BCUT2D eigenvalue weighted by molar-refractivity contribution is -0.757. The van der Waals surface area contributed by atoms with Crippen molar-refractivity contribution in [3.63, 3.8) is 0 Å². The number of carbonyl (C=O) groups excluding carboxylic acids is 1. The predicted molar refractivity (Wildman–Crippen MR) is 107 cm³/mol. The minimum Gasteiger partial charge on any atom is -0.484 e. The lowest BCUT2D eigenvalue weighted by atomic mass is 9.85. The summed E-state index contributed by atoms with van der Waals surface area (Å²) in [6.45, 7) is 4.08. The number of hydrogen-bond acceptors (Lipinski definition) is 7. The molecule has 2 unspecified atom stereocenters. The summed E-state index contributed by atoms with van der Waals surface area (Å²) in [7, 11) is 0. The van der Waals surface area contributed by atoms with Gasteiger partial charge in [0.2, 0.25) is 0 Å². The van der Waals surface area contributed by atoms with Gasteiger partial charge in [0.05, 0.1) is 5.56 Å². The molecule has 0 amide bonds. The number of hydrogen-bond donors (Lipinski definition) is 0. The highest BCUT2D eigenvalue weighted by Gasteiger charge is 2.48. The molecule has 1 aliphatic rings. The lowest BCUT2D eigenvalue weighted by Crippen LogP contribution is -2.54. The highest BCUT2D eigenvalue weighted by Crippen LogP contribution is 2.45. The third-order valence-electron chi connectivity index (χ3n) is 5.19. The quantitative estimate of drug-likeness (QED) is 0.362. The topological polar surface area (TPSA) is 110 Å². The minimum absolute atomic E-state index is 0.0296. The second-order valence-corrected chi connectivity index (χ2v) is 8.02. The molecule has 0 aliphatic carbocycles. The molecule has 1 aromatic carbocycles. The van der Waals surface area contributed by atoms with Gasteiger partial charge in [-0.05, 0) is 50.1 Å². The molecule has 0 radical (unpaired) electrons. The summed E-state index contributed by atoms with van der Waals surface area (Å²) in [5.41, 5.74) is -2.27. The van der Waals surface area contributed by atoms with Gasteiger partial charge in [0.1, 0.15) is 24.0 Å². The average Bonchev–Trinajstić information content (AvgIpc) is 2.67. The van der Waals surface area contributed by atoms with Gasteiger partial charge in [0.25, 0.3) is 10.6 Å². The van der Waals surface area contributed by atoms with Crippen LogP contribution in [0.1, 0.15) is 43.5 Å². The minimum atomic E-state index is -4.64. The molecule has 2 aromatic rings. The standard InChI is InChI=1S/C21H21F3N2O7/c1-12(27)32-19-18(25-8-6-13(10-17(25)28)7-9-31-26(29)30)15-11-14(21(22,23)24)4-5-16(15)33-20(19,2)3/h4-6,8,10-11,18-19H,7,9H2,1-3H3. The Morgan fingerprint density at radius 1 is 1.27 bits per heavy atom. The molecule has 1 aromatic heterocycles. The molecule has 9 nitrogen and oxygen atoms in total. The van der Waals surface area contributed by atoms with Gasteiger partial charge >= 0.3 is 12.1 Å². The van der Waals surface area contributed by atoms with E-state index in [2.05, 4.69) is 4.84 Å². The molecule has 2 heterocycles. The summed E-state index contributed by atoms with van der Waals surface area (Å²) in [6, 6.07) is 4.49. The predicted octanol–water partition coefficient (Wildman–Crippen LogP) is 3.31. The number of rotatable bonds is 6. The summed E-state index contributed by atoms with van der Waals surface area (Å²) in [5, 5.41) is 9.35. The first-order valence-corrected chi connectivity index (χ1v) is 9.85. The second kappa shape index (κ2) is 8.75. The van der Waals surface area contributed by atoms with Crippen LogP contribution in [0.25, 0.3) is 0 Å². The molecule has 0 fully saturated rings. The number of esters is 1. The molecule has 0 saturated heterocycles. The van der Waals surface area contributed by atoms with E-state index in [0.29, 0.717) is 5.56 Å². The summed E-state index contributed by atoms with van der Waals surface area (Å²) in [5.74, 6) is -0.574. The first-order chi connectivity index (χ1) is 15.3. The zero-order chi connectivity index (χ0) is 24.6. The number of aromatic nitrogens is 1. The highest BCUT2D eigenvalue weighted by molar-refractivity contribution is 5.66. The van der Waals surface area contributed by atoms with Crippen molar-refractivity contribution in [1.82, 2.24) is 4.57 Å². The number of halogens is 3. The van der Waals surface area contributed by atoms with Crippen LogP contribution in [-0.4, -0.2) is 33.9 Å². The number of benzene rings is 1. The zero-order valence-electron chi connectivity index (χ0n) is 17.9. The molecule has 178 valence electrons. The van der Waals surface area contributed by atoms with E-state index in [-0.39, 0.29) is 24.3 Å². The number of nitrogens with zero attached hydrogens (tertiary/aromatic N) is 2. The number of fused-ring (bicyclic) bond motifs is 1. The molecule has 0 N–H and O–H groups in total. The molecule has 12 heteroatoms. The van der Waals surface area contributed by atoms with E-state index in [4.69, 9.17) is 9.47 Å². The molecule has 0 saturated carbocycles. The van der Waals surface area contributed by atoms with Gasteiger partial charge in [-0.15, -0.1) is 10.1 Å². The fourth-order valence-corrected chi connectivity index (χ4v) is 3.77. The van der Waals surface area contributed by atoms with Crippen LogP contribution in [0.5, 0.6) is 5.75 Å². The van der Waals surface area contributed by atoms with Gasteiger partial charge in [-0.3, -0.25) is 9.59 Å². The van der Waals surface area contributed by atoms with Crippen molar-refractivity contribution in [3.05, 3.63) is 73.7 Å². The molecular formula is C21H21F3N2O7. The van der Waals surface area contributed by atoms with E-state index in [9.17, 15) is 32.9 Å². The van der Waals surface area contributed by atoms with E-state index >= 15 is 0 Å². The van der Waals surface area contributed by atoms with Crippen molar-refractivity contribution in [2.75, 3.05) is 6.61 Å². The Labute approximate surface area is 185 Å². The van der Waals surface area contributed by atoms with Gasteiger partial charge in [-0.1, -0.05) is 0 Å². The normalized spacial score (nSPS) is 19.2. The molecule has 2 atom stereocenters. The van der Waals surface area contributed by atoms with Crippen LogP contribution in [0.2, 0.25) is 0 Å². The van der Waals surface area contributed by atoms with Crippen LogP contribution in [0, 0.1) is 10.1 Å². The third-order valence-corrected chi connectivity index (χ3v) is 5.19. The first-order valence-electron chi connectivity index (χ1n) is 9.85. The number of carbonyl (C=O) groups is 1. The van der Waals surface area contributed by atoms with Crippen LogP contribution >= 0.6 is 0 Å². The molecule has 1 aliphatic heterocycles. The molecular weight excluding hydrogens is 449 g/mol. The van der Waals surface area contributed by atoms with E-state index in [1.807, 2.05) is 0 Å². The maximum Gasteiger partial charge on any atom is 0.416 e. The zero-order valence-corrected chi connectivity index (χ0v) is 17.9. The van der Waals surface area contributed by atoms with E-state index in [0.717, 1.165) is 23.6 Å². The van der Waals surface area contributed by atoms with Gasteiger partial charge in [0, 0.05) is 24.8 Å². The van der Waals surface area contributed by atoms with Gasteiger partial charge in [0.15, 0.2) is 6.10 Å².